The third-order valence-electron chi connectivity index (χ3n) is 1.01. The van der Waals surface area contributed by atoms with Crippen molar-refractivity contribution in [3.05, 3.63) is 12.1 Å². The molecule has 0 heterocycles. The largest absolute Gasteiger partial charge is 1.00 e. The number of nitriles is 1. The standard InChI is InChI=1S/C6H8BF3N.K/c8-7(9,10)5-3-1-2-4-6-11;/h3,5H,1-2,4H2;/q-1;+1/b5-3+;. The number of nitrogens with zero attached hydrogens (tertiary/aromatic N) is 1. The van der Waals surface area contributed by atoms with Gasteiger partial charge >= 0.3 is 58.4 Å². The molecule has 0 saturated heterocycles. The van der Waals surface area contributed by atoms with Gasteiger partial charge in [-0.2, -0.15) is 5.26 Å². The molecule has 0 aliphatic carbocycles. The number of unbranched alkanes of at least 4 members (excludes halogenated alkanes) is 2. The molecule has 62 valence electrons. The van der Waals surface area contributed by atoms with Gasteiger partial charge in [0.1, 0.15) is 0 Å². The van der Waals surface area contributed by atoms with Crippen LogP contribution in [0.3, 0.4) is 0 Å². The molecule has 0 unspecified atom stereocenters. The predicted molar refractivity (Wildman–Crippen MR) is 37.7 cm³/mol. The molecule has 0 spiro atoms. The van der Waals surface area contributed by atoms with E-state index < -0.39 is 6.98 Å². The average Bonchev–Trinajstić information content (AvgIpc) is 1.85. The molecule has 0 atom stereocenters. The van der Waals surface area contributed by atoms with Crippen molar-refractivity contribution in [1.29, 1.82) is 5.26 Å². The zero-order chi connectivity index (χ0) is 8.74. The molecule has 0 aliphatic heterocycles. The Morgan fingerprint density at radius 3 is 2.33 bits per heavy atom. The Labute approximate surface area is 112 Å². The van der Waals surface area contributed by atoms with Crippen LogP contribution in [0.25, 0.3) is 0 Å². The molecule has 6 heteroatoms. The van der Waals surface area contributed by atoms with Crippen LogP contribution in [0.4, 0.5) is 12.9 Å². The molecule has 0 aromatic heterocycles. The fraction of sp³-hybridized carbons (Fsp3) is 0.500. The summed E-state index contributed by atoms with van der Waals surface area (Å²) in [6.45, 7) is -4.78. The summed E-state index contributed by atoms with van der Waals surface area (Å²) < 4.78 is 34.4. The molecule has 0 N–H and O–H groups in total. The van der Waals surface area contributed by atoms with Crippen molar-refractivity contribution >= 4 is 6.98 Å². The minimum Gasteiger partial charge on any atom is -0.445 e. The van der Waals surface area contributed by atoms with Gasteiger partial charge in [-0.25, -0.2) is 0 Å². The van der Waals surface area contributed by atoms with E-state index in [1.165, 1.54) is 0 Å². The summed E-state index contributed by atoms with van der Waals surface area (Å²) in [7, 11) is 0. The maximum atomic E-state index is 11.5. The normalized spacial score (nSPS) is 10.8. The summed E-state index contributed by atoms with van der Waals surface area (Å²) in [5.41, 5.74) is 0. The fourth-order valence-corrected chi connectivity index (χ4v) is 0.549. The van der Waals surface area contributed by atoms with E-state index in [2.05, 4.69) is 0 Å². The third-order valence-corrected chi connectivity index (χ3v) is 1.01. The van der Waals surface area contributed by atoms with Crippen LogP contribution in [0.15, 0.2) is 12.1 Å². The van der Waals surface area contributed by atoms with Crippen LogP contribution in [0, 0.1) is 11.3 Å². The van der Waals surface area contributed by atoms with E-state index in [4.69, 9.17) is 5.26 Å². The van der Waals surface area contributed by atoms with E-state index in [1.807, 2.05) is 6.07 Å². The smallest absolute Gasteiger partial charge is 0.445 e. The van der Waals surface area contributed by atoms with Crippen LogP contribution in [0.2, 0.25) is 0 Å². The first-order chi connectivity index (χ1) is 5.06. The first-order valence-electron chi connectivity index (χ1n) is 3.31. The van der Waals surface area contributed by atoms with E-state index in [9.17, 15) is 12.9 Å². The van der Waals surface area contributed by atoms with Crippen molar-refractivity contribution in [1.82, 2.24) is 0 Å². The molecule has 1 nitrogen and oxygen atoms in total. The van der Waals surface area contributed by atoms with Gasteiger partial charge in [0.2, 0.25) is 0 Å². The topological polar surface area (TPSA) is 23.8 Å². The first kappa shape index (κ1) is 15.2. The van der Waals surface area contributed by atoms with Crippen molar-refractivity contribution in [3.63, 3.8) is 0 Å². The van der Waals surface area contributed by atoms with Gasteiger partial charge in [-0.15, -0.1) is 12.1 Å². The van der Waals surface area contributed by atoms with Crippen molar-refractivity contribution in [2.75, 3.05) is 0 Å². The quantitative estimate of drug-likeness (QED) is 0.449. The fourth-order valence-electron chi connectivity index (χ4n) is 0.549. The molecule has 0 aromatic rings. The number of allylic oxidation sites excluding steroid dienone is 1. The Hall–Kier alpha value is 0.721. The van der Waals surface area contributed by atoms with Crippen molar-refractivity contribution in [3.8, 4) is 6.07 Å². The molecule has 0 fully saturated rings. The summed E-state index contributed by atoms with van der Waals surface area (Å²) in [4.78, 5) is 0. The van der Waals surface area contributed by atoms with Gasteiger partial charge in [-0.05, 0) is 12.8 Å². The summed E-state index contributed by atoms with van der Waals surface area (Å²) in [6, 6.07) is 1.86. The molecule has 0 radical (unpaired) electrons. The second-order valence-corrected chi connectivity index (χ2v) is 2.10. The second-order valence-electron chi connectivity index (χ2n) is 2.10. The molecule has 0 rings (SSSR count). The van der Waals surface area contributed by atoms with Crippen molar-refractivity contribution in [2.24, 2.45) is 0 Å². The number of halogens is 3. The Morgan fingerprint density at radius 1 is 1.33 bits per heavy atom. The Bertz CT molecular complexity index is 173. The number of hydrogen-bond acceptors (Lipinski definition) is 1. The van der Waals surface area contributed by atoms with E-state index in [-0.39, 0.29) is 57.4 Å². The number of rotatable bonds is 4. The van der Waals surface area contributed by atoms with Crippen LogP contribution in [-0.4, -0.2) is 6.98 Å². The molecule has 12 heavy (non-hydrogen) atoms. The second kappa shape index (κ2) is 8.33. The average molecular weight is 201 g/mol. The van der Waals surface area contributed by atoms with Gasteiger partial charge in [0.25, 0.3) is 0 Å². The molecular weight excluding hydrogens is 193 g/mol. The van der Waals surface area contributed by atoms with Gasteiger partial charge < -0.3 is 12.9 Å². The maximum Gasteiger partial charge on any atom is 1.00 e. The zero-order valence-electron chi connectivity index (χ0n) is 6.93. The Morgan fingerprint density at radius 2 is 1.92 bits per heavy atom. The van der Waals surface area contributed by atoms with E-state index in [1.54, 1.807) is 0 Å². The molecule has 0 amide bonds. The molecule has 0 bridgehead atoms. The van der Waals surface area contributed by atoms with Crippen LogP contribution >= 0.6 is 0 Å². The number of hydrogen-bond donors (Lipinski definition) is 0. The van der Waals surface area contributed by atoms with Gasteiger partial charge in [0.15, 0.2) is 0 Å². The molecule has 0 aliphatic rings. The predicted octanol–water partition coefficient (Wildman–Crippen LogP) is -0.373. The van der Waals surface area contributed by atoms with Crippen LogP contribution in [0.1, 0.15) is 19.3 Å². The van der Waals surface area contributed by atoms with Crippen LogP contribution < -0.4 is 51.4 Å². The molecule has 0 saturated carbocycles. The van der Waals surface area contributed by atoms with Gasteiger partial charge in [0.05, 0.1) is 6.07 Å². The Balaban J connectivity index is 0. The third kappa shape index (κ3) is 13.3. The minimum absolute atomic E-state index is 0. The zero-order valence-corrected chi connectivity index (χ0v) is 10.1. The summed E-state index contributed by atoms with van der Waals surface area (Å²) in [5, 5.41) is 8.03. The summed E-state index contributed by atoms with van der Waals surface area (Å²) in [5.74, 6) is 0.261. The van der Waals surface area contributed by atoms with E-state index in [0.29, 0.717) is 19.3 Å². The summed E-state index contributed by atoms with van der Waals surface area (Å²) >= 11 is 0. The van der Waals surface area contributed by atoms with E-state index in [0.717, 1.165) is 6.08 Å². The van der Waals surface area contributed by atoms with Gasteiger partial charge in [-0.1, -0.05) is 0 Å². The first-order valence-corrected chi connectivity index (χ1v) is 3.31. The molecular formula is C6H8BF3KN. The maximum absolute atomic E-state index is 11.5. The SMILES string of the molecule is N#CCCC/C=C/[B-](F)(F)F.[K+]. The summed E-state index contributed by atoms with van der Waals surface area (Å²) in [6.07, 6.45) is 2.21. The van der Waals surface area contributed by atoms with Crippen molar-refractivity contribution < 1.29 is 64.3 Å². The monoisotopic (exact) mass is 201 g/mol. The van der Waals surface area contributed by atoms with Crippen molar-refractivity contribution in [2.45, 2.75) is 19.3 Å². The van der Waals surface area contributed by atoms with Crippen LogP contribution in [-0.2, 0) is 0 Å². The van der Waals surface area contributed by atoms with E-state index >= 15 is 0 Å². The minimum atomic E-state index is -4.78. The molecule has 0 aromatic carbocycles. The van der Waals surface area contributed by atoms with Crippen LogP contribution in [0.5, 0.6) is 0 Å². The van der Waals surface area contributed by atoms with Gasteiger partial charge in [-0.3, -0.25) is 0 Å². The van der Waals surface area contributed by atoms with Gasteiger partial charge in [0, 0.05) is 6.42 Å². The Kier molecular flexibility index (Phi) is 10.5.